The summed E-state index contributed by atoms with van der Waals surface area (Å²) in [6, 6.07) is 1.94. The first-order valence-corrected chi connectivity index (χ1v) is 9.46. The first-order valence-electron chi connectivity index (χ1n) is 8.22. The van der Waals surface area contributed by atoms with Crippen molar-refractivity contribution < 1.29 is 26.3 Å². The van der Waals surface area contributed by atoms with Crippen molar-refractivity contribution in [2.75, 3.05) is 0 Å². The van der Waals surface area contributed by atoms with Gasteiger partial charge in [0.1, 0.15) is 0 Å². The Bertz CT molecular complexity index is 1100. The van der Waals surface area contributed by atoms with Crippen molar-refractivity contribution in [3.63, 3.8) is 0 Å². The van der Waals surface area contributed by atoms with Crippen LogP contribution in [0.5, 0.6) is 0 Å². The Hall–Kier alpha value is -1.89. The van der Waals surface area contributed by atoms with Crippen molar-refractivity contribution in [3.8, 4) is 11.1 Å². The summed E-state index contributed by atoms with van der Waals surface area (Å²) in [5.74, 6) is 0.151. The number of hydrogen-bond acceptors (Lipinski definition) is 0. The topological polar surface area (TPSA) is 0 Å². The minimum absolute atomic E-state index is 0.0128. The second kappa shape index (κ2) is 4.50. The molecule has 2 unspecified atom stereocenters. The highest BCUT2D eigenvalue weighted by Crippen LogP contribution is 2.62. The Morgan fingerprint density at radius 3 is 2.00 bits per heavy atom. The maximum atomic E-state index is 13.2. The molecule has 0 N–H and O–H groups in total. The number of benzene rings is 2. The average molecular weight is 382 g/mol. The summed E-state index contributed by atoms with van der Waals surface area (Å²) < 4.78 is 79.2. The second-order valence-corrected chi connectivity index (χ2v) is 9.16. The van der Waals surface area contributed by atoms with Crippen LogP contribution in [0.2, 0.25) is 5.54 Å². The molecule has 0 saturated carbocycles. The molecule has 0 nitrogen and oxygen atoms in total. The fourth-order valence-electron chi connectivity index (χ4n) is 4.71. The number of halogens is 6. The number of hydrogen-bond donors (Lipinski definition) is 0. The first-order chi connectivity index (χ1) is 12.0. The summed E-state index contributed by atoms with van der Waals surface area (Å²) in [6.07, 6.45) is -9.64. The molecule has 1 heterocycles. The minimum Gasteiger partial charge on any atom is -0.166 e. The lowest BCUT2D eigenvalue weighted by atomic mass is 9.94. The van der Waals surface area contributed by atoms with Crippen molar-refractivity contribution in [3.05, 3.63) is 56.0 Å². The molecule has 0 saturated heterocycles. The standard InChI is InChI=1S/C19H12F6Si/c1-6-11-14-12-7(2)26-17(6)16(12)13(15(11)14)8-3-9(18(20,21)22)5-10(4-8)19(23,24)25/h3-5,7,14,26H,1-2H3. The highest BCUT2D eigenvalue weighted by Gasteiger charge is 2.50. The van der Waals surface area contributed by atoms with Gasteiger partial charge in [0.2, 0.25) is 0 Å². The van der Waals surface area contributed by atoms with Gasteiger partial charge in [-0.05, 0) is 74.1 Å². The van der Waals surface area contributed by atoms with Gasteiger partial charge in [0.15, 0.2) is 0 Å². The van der Waals surface area contributed by atoms with Crippen molar-refractivity contribution in [1.29, 1.82) is 0 Å². The van der Waals surface area contributed by atoms with Gasteiger partial charge in [0.25, 0.3) is 0 Å². The predicted molar refractivity (Wildman–Crippen MR) is 86.9 cm³/mol. The highest BCUT2D eigenvalue weighted by molar-refractivity contribution is 6.37. The zero-order valence-corrected chi connectivity index (χ0v) is 14.9. The molecule has 0 spiro atoms. The van der Waals surface area contributed by atoms with Gasteiger partial charge < -0.3 is 0 Å². The molecular weight excluding hydrogens is 370 g/mol. The van der Waals surface area contributed by atoms with E-state index in [-0.39, 0.29) is 26.7 Å². The summed E-state index contributed by atoms with van der Waals surface area (Å²) >= 11 is 0. The third-order valence-corrected chi connectivity index (χ3v) is 7.68. The maximum Gasteiger partial charge on any atom is 0.416 e. The van der Waals surface area contributed by atoms with E-state index < -0.39 is 23.5 Å². The van der Waals surface area contributed by atoms with E-state index >= 15 is 0 Å². The molecule has 6 bridgehead atoms. The maximum absolute atomic E-state index is 13.2. The molecule has 7 heteroatoms. The lowest BCUT2D eigenvalue weighted by Crippen LogP contribution is -2.14. The summed E-state index contributed by atoms with van der Waals surface area (Å²) in [7, 11) is -0.0128. The molecule has 134 valence electrons. The van der Waals surface area contributed by atoms with E-state index in [0.29, 0.717) is 11.1 Å². The van der Waals surface area contributed by atoms with E-state index in [9.17, 15) is 26.3 Å². The van der Waals surface area contributed by atoms with Crippen molar-refractivity contribution >= 4 is 14.7 Å². The number of rotatable bonds is 1. The van der Waals surface area contributed by atoms with Gasteiger partial charge in [-0.2, -0.15) is 26.3 Å². The molecule has 2 atom stereocenters. The fraction of sp³-hybridized carbons (Fsp3) is 0.316. The molecule has 2 aromatic carbocycles. The zero-order valence-electron chi connectivity index (χ0n) is 13.7. The molecule has 6 rings (SSSR count). The van der Waals surface area contributed by atoms with Gasteiger partial charge in [0.05, 0.1) is 11.1 Å². The van der Waals surface area contributed by atoms with E-state index in [0.717, 1.165) is 28.5 Å². The van der Waals surface area contributed by atoms with Crippen LogP contribution in [0.25, 0.3) is 16.7 Å². The summed E-state index contributed by atoms with van der Waals surface area (Å²) in [4.78, 5) is 1.18. The van der Waals surface area contributed by atoms with Crippen LogP contribution in [0.1, 0.15) is 40.7 Å². The van der Waals surface area contributed by atoms with Crippen LogP contribution in [0.15, 0.2) is 18.2 Å². The van der Waals surface area contributed by atoms with Gasteiger partial charge in [-0.1, -0.05) is 6.92 Å². The molecule has 1 aliphatic heterocycles. The van der Waals surface area contributed by atoms with Crippen LogP contribution < -0.4 is 5.22 Å². The van der Waals surface area contributed by atoms with Gasteiger partial charge in [-0.25, -0.2) is 0 Å². The summed E-state index contributed by atoms with van der Waals surface area (Å²) in [5, 5.41) is 0.951. The third kappa shape index (κ3) is 1.89. The van der Waals surface area contributed by atoms with Crippen LogP contribution in [0, 0.1) is 11.7 Å². The fourth-order valence-corrected chi connectivity index (χ4v) is 6.64. The third-order valence-electron chi connectivity index (χ3n) is 5.76. The SMILES string of the molecule is Cc1c2c3c(-c4cc(C(F)(F)F)cc(C(F)(F)F)c4)c4c1=[SiH]C(C)C=4C23. The quantitative estimate of drug-likeness (QED) is 0.490. The van der Waals surface area contributed by atoms with Gasteiger partial charge in [0, 0.05) is 15.0 Å². The Balaban J connectivity index is 1.84. The monoisotopic (exact) mass is 382 g/mol. The smallest absolute Gasteiger partial charge is 0.166 e. The van der Waals surface area contributed by atoms with E-state index in [1.807, 2.05) is 6.92 Å². The minimum atomic E-state index is -4.82. The average Bonchev–Trinajstić information content (AvgIpc) is 3.05. The van der Waals surface area contributed by atoms with Crippen molar-refractivity contribution in [2.45, 2.75) is 37.7 Å². The van der Waals surface area contributed by atoms with E-state index in [1.165, 1.54) is 16.0 Å². The highest BCUT2D eigenvalue weighted by atomic mass is 28.2. The molecule has 3 aliphatic carbocycles. The normalized spacial score (nSPS) is 22.1. The Morgan fingerprint density at radius 2 is 1.46 bits per heavy atom. The predicted octanol–water partition coefficient (Wildman–Crippen LogP) is 4.82. The van der Waals surface area contributed by atoms with Crippen LogP contribution >= 0.6 is 0 Å². The second-order valence-electron chi connectivity index (χ2n) is 7.25. The molecule has 4 aliphatic rings. The molecule has 0 amide bonds. The van der Waals surface area contributed by atoms with Crippen molar-refractivity contribution in [2.24, 2.45) is 0 Å². The summed E-state index contributed by atoms with van der Waals surface area (Å²) in [6.45, 7) is 4.14. The molecular formula is C19H12F6Si. The lowest BCUT2D eigenvalue weighted by molar-refractivity contribution is -0.143. The zero-order chi connectivity index (χ0) is 18.8. The molecule has 0 fully saturated rings. The molecule has 2 aromatic rings. The van der Waals surface area contributed by atoms with Gasteiger partial charge in [-0.3, -0.25) is 0 Å². The Morgan fingerprint density at radius 1 is 0.885 bits per heavy atom. The lowest BCUT2D eigenvalue weighted by Gasteiger charge is -2.15. The molecule has 0 radical (unpaired) electrons. The van der Waals surface area contributed by atoms with Crippen LogP contribution in [0.4, 0.5) is 26.3 Å². The van der Waals surface area contributed by atoms with Gasteiger partial charge in [-0.15, -0.1) is 0 Å². The van der Waals surface area contributed by atoms with Crippen LogP contribution in [0.3, 0.4) is 0 Å². The van der Waals surface area contributed by atoms with Crippen molar-refractivity contribution in [1.82, 2.24) is 0 Å². The first kappa shape index (κ1) is 16.3. The molecule has 0 aromatic heterocycles. The Labute approximate surface area is 146 Å². The van der Waals surface area contributed by atoms with E-state index in [1.54, 1.807) is 0 Å². The number of alkyl halides is 6. The molecule has 26 heavy (non-hydrogen) atoms. The summed E-state index contributed by atoms with van der Waals surface area (Å²) in [5.41, 5.74) is 3.08. The van der Waals surface area contributed by atoms with E-state index in [2.05, 4.69) is 6.92 Å². The van der Waals surface area contributed by atoms with E-state index in [4.69, 9.17) is 0 Å². The van der Waals surface area contributed by atoms with Crippen LogP contribution in [-0.4, -0.2) is 9.13 Å². The Kier molecular flexibility index (Phi) is 2.82. The van der Waals surface area contributed by atoms with Crippen LogP contribution in [-0.2, 0) is 12.4 Å². The largest absolute Gasteiger partial charge is 0.416 e. The van der Waals surface area contributed by atoms with Gasteiger partial charge >= 0.3 is 12.4 Å².